The lowest BCUT2D eigenvalue weighted by atomic mass is 10.0. The minimum Gasteiger partial charge on any atom is -0.458 e. The zero-order chi connectivity index (χ0) is 11.5. The number of benzene rings is 2. The van der Waals surface area contributed by atoms with E-state index >= 15 is 0 Å². The lowest BCUT2D eigenvalue weighted by molar-refractivity contribution is -0.145. The van der Waals surface area contributed by atoms with Gasteiger partial charge in [0, 0.05) is 6.92 Å². The fourth-order valence-electron chi connectivity index (χ4n) is 1.92. The Morgan fingerprint density at radius 3 is 2.56 bits per heavy atom. The molecule has 0 bridgehead atoms. The van der Waals surface area contributed by atoms with Gasteiger partial charge in [-0.2, -0.15) is 0 Å². The van der Waals surface area contributed by atoms with Crippen molar-refractivity contribution < 1.29 is 9.53 Å². The molecule has 2 rings (SSSR count). The summed E-state index contributed by atoms with van der Waals surface area (Å²) in [6.45, 7) is 3.32. The molecule has 0 radical (unpaired) electrons. The molecule has 0 N–H and O–H groups in total. The third-order valence-electron chi connectivity index (χ3n) is 2.60. The molecule has 2 heteroatoms. The second-order valence-electron chi connectivity index (χ2n) is 3.82. The quantitative estimate of drug-likeness (QED) is 0.715. The maximum absolute atomic E-state index is 10.9. The van der Waals surface area contributed by atoms with Crippen molar-refractivity contribution in [2.24, 2.45) is 0 Å². The number of esters is 1. The monoisotopic (exact) mass is 214 g/mol. The topological polar surface area (TPSA) is 26.3 Å². The van der Waals surface area contributed by atoms with Gasteiger partial charge >= 0.3 is 5.97 Å². The molecule has 2 aromatic carbocycles. The maximum atomic E-state index is 10.9. The van der Waals surface area contributed by atoms with Crippen molar-refractivity contribution in [3.8, 4) is 0 Å². The SMILES string of the molecule is CC(=O)O[C@@H](C)c1cccc2ccccc12. The molecular weight excluding hydrogens is 200 g/mol. The van der Waals surface area contributed by atoms with E-state index in [0.29, 0.717) is 0 Å². The van der Waals surface area contributed by atoms with E-state index in [0.717, 1.165) is 10.9 Å². The third-order valence-corrected chi connectivity index (χ3v) is 2.60. The first-order valence-corrected chi connectivity index (χ1v) is 5.33. The summed E-state index contributed by atoms with van der Waals surface area (Å²) in [6.07, 6.45) is -0.205. The summed E-state index contributed by atoms with van der Waals surface area (Å²) < 4.78 is 5.21. The normalized spacial score (nSPS) is 12.4. The predicted molar refractivity (Wildman–Crippen MR) is 64.1 cm³/mol. The van der Waals surface area contributed by atoms with Gasteiger partial charge in [-0.1, -0.05) is 42.5 Å². The Bertz CT molecular complexity index is 512. The van der Waals surface area contributed by atoms with Crippen LogP contribution in [-0.2, 0) is 9.53 Å². The van der Waals surface area contributed by atoms with Gasteiger partial charge in [0.2, 0.25) is 0 Å². The first kappa shape index (κ1) is 10.7. The first-order valence-electron chi connectivity index (χ1n) is 5.33. The Labute approximate surface area is 94.8 Å². The molecule has 0 saturated carbocycles. The van der Waals surface area contributed by atoms with Gasteiger partial charge in [0.1, 0.15) is 6.10 Å². The summed E-state index contributed by atoms with van der Waals surface area (Å²) in [5, 5.41) is 2.30. The van der Waals surface area contributed by atoms with Crippen LogP contribution in [0.4, 0.5) is 0 Å². The number of ether oxygens (including phenoxy) is 1. The van der Waals surface area contributed by atoms with Crippen molar-refractivity contribution in [1.29, 1.82) is 0 Å². The van der Waals surface area contributed by atoms with Gasteiger partial charge in [-0.15, -0.1) is 0 Å². The van der Waals surface area contributed by atoms with E-state index < -0.39 is 0 Å². The van der Waals surface area contributed by atoms with E-state index in [2.05, 4.69) is 12.1 Å². The molecule has 0 unspecified atom stereocenters. The molecule has 16 heavy (non-hydrogen) atoms. The Hall–Kier alpha value is -1.83. The number of hydrogen-bond donors (Lipinski definition) is 0. The van der Waals surface area contributed by atoms with Crippen molar-refractivity contribution >= 4 is 16.7 Å². The highest BCUT2D eigenvalue weighted by Gasteiger charge is 2.11. The van der Waals surface area contributed by atoms with Gasteiger partial charge in [0.05, 0.1) is 0 Å². The van der Waals surface area contributed by atoms with Crippen LogP contribution in [0, 0.1) is 0 Å². The Kier molecular flexibility index (Phi) is 2.91. The second kappa shape index (κ2) is 4.35. The van der Waals surface area contributed by atoms with Crippen LogP contribution < -0.4 is 0 Å². The summed E-state index contributed by atoms with van der Waals surface area (Å²) in [5.41, 5.74) is 1.05. The van der Waals surface area contributed by atoms with Crippen LogP contribution in [0.2, 0.25) is 0 Å². The molecule has 82 valence electrons. The van der Waals surface area contributed by atoms with E-state index in [9.17, 15) is 4.79 Å². The van der Waals surface area contributed by atoms with Gasteiger partial charge in [-0.05, 0) is 23.3 Å². The molecule has 0 heterocycles. The fraction of sp³-hybridized carbons (Fsp3) is 0.214. The van der Waals surface area contributed by atoms with Crippen molar-refractivity contribution in [1.82, 2.24) is 0 Å². The van der Waals surface area contributed by atoms with Gasteiger partial charge in [-0.25, -0.2) is 0 Å². The largest absolute Gasteiger partial charge is 0.458 e. The molecule has 0 fully saturated rings. The summed E-state index contributed by atoms with van der Waals surface area (Å²) in [6, 6.07) is 14.1. The predicted octanol–water partition coefficient (Wildman–Crippen LogP) is 3.46. The van der Waals surface area contributed by atoms with Crippen molar-refractivity contribution in [3.05, 3.63) is 48.0 Å². The zero-order valence-corrected chi connectivity index (χ0v) is 9.44. The lowest BCUT2D eigenvalue weighted by Crippen LogP contribution is -2.05. The Morgan fingerprint density at radius 1 is 1.12 bits per heavy atom. The highest BCUT2D eigenvalue weighted by atomic mass is 16.5. The molecule has 0 aliphatic carbocycles. The zero-order valence-electron chi connectivity index (χ0n) is 9.44. The average molecular weight is 214 g/mol. The number of carbonyl (C=O) groups is 1. The number of fused-ring (bicyclic) bond motifs is 1. The van der Waals surface area contributed by atoms with E-state index in [1.165, 1.54) is 12.3 Å². The smallest absolute Gasteiger partial charge is 0.303 e. The van der Waals surface area contributed by atoms with Crippen LogP contribution in [0.5, 0.6) is 0 Å². The van der Waals surface area contributed by atoms with Crippen LogP contribution in [0.15, 0.2) is 42.5 Å². The summed E-state index contributed by atoms with van der Waals surface area (Å²) in [5.74, 6) is -0.250. The number of carbonyl (C=O) groups excluding carboxylic acids is 1. The second-order valence-corrected chi connectivity index (χ2v) is 3.82. The minimum atomic E-state index is -0.250. The standard InChI is InChI=1S/C14H14O2/c1-10(16-11(2)15)13-9-5-7-12-6-3-4-8-14(12)13/h3-10H,1-2H3/t10-/m0/s1. The van der Waals surface area contributed by atoms with Crippen LogP contribution >= 0.6 is 0 Å². The van der Waals surface area contributed by atoms with E-state index in [1.807, 2.05) is 37.3 Å². The minimum absolute atomic E-state index is 0.205. The maximum Gasteiger partial charge on any atom is 0.303 e. The van der Waals surface area contributed by atoms with Crippen molar-refractivity contribution in [2.75, 3.05) is 0 Å². The van der Waals surface area contributed by atoms with Crippen LogP contribution in [0.3, 0.4) is 0 Å². The summed E-state index contributed by atoms with van der Waals surface area (Å²) in [4.78, 5) is 10.9. The van der Waals surface area contributed by atoms with Crippen LogP contribution in [0.1, 0.15) is 25.5 Å². The Morgan fingerprint density at radius 2 is 1.81 bits per heavy atom. The van der Waals surface area contributed by atoms with Crippen LogP contribution in [0.25, 0.3) is 10.8 Å². The highest BCUT2D eigenvalue weighted by molar-refractivity contribution is 5.86. The van der Waals surface area contributed by atoms with Crippen LogP contribution in [-0.4, -0.2) is 5.97 Å². The molecule has 0 aliphatic rings. The average Bonchev–Trinajstić information content (AvgIpc) is 2.27. The highest BCUT2D eigenvalue weighted by Crippen LogP contribution is 2.26. The van der Waals surface area contributed by atoms with Gasteiger partial charge in [0.15, 0.2) is 0 Å². The van der Waals surface area contributed by atoms with Gasteiger partial charge in [0.25, 0.3) is 0 Å². The molecular formula is C14H14O2. The van der Waals surface area contributed by atoms with E-state index in [-0.39, 0.29) is 12.1 Å². The molecule has 2 aromatic rings. The molecule has 1 atom stereocenters. The fourth-order valence-corrected chi connectivity index (χ4v) is 1.92. The molecule has 2 nitrogen and oxygen atoms in total. The van der Waals surface area contributed by atoms with E-state index in [4.69, 9.17) is 4.74 Å². The van der Waals surface area contributed by atoms with Crippen molar-refractivity contribution in [2.45, 2.75) is 20.0 Å². The first-order chi connectivity index (χ1) is 7.68. The molecule has 0 spiro atoms. The number of hydrogen-bond acceptors (Lipinski definition) is 2. The molecule has 0 aromatic heterocycles. The molecule has 0 aliphatic heterocycles. The Balaban J connectivity index is 2.47. The molecule has 0 saturated heterocycles. The molecule has 0 amide bonds. The van der Waals surface area contributed by atoms with Crippen molar-refractivity contribution in [3.63, 3.8) is 0 Å². The lowest BCUT2D eigenvalue weighted by Gasteiger charge is -2.14. The number of rotatable bonds is 2. The summed E-state index contributed by atoms with van der Waals surface area (Å²) in [7, 11) is 0. The summed E-state index contributed by atoms with van der Waals surface area (Å²) >= 11 is 0. The third kappa shape index (κ3) is 2.06. The van der Waals surface area contributed by atoms with Gasteiger partial charge < -0.3 is 4.74 Å². The van der Waals surface area contributed by atoms with E-state index in [1.54, 1.807) is 0 Å². The van der Waals surface area contributed by atoms with Gasteiger partial charge in [-0.3, -0.25) is 4.79 Å².